The van der Waals surface area contributed by atoms with E-state index in [2.05, 4.69) is 15.2 Å². The van der Waals surface area contributed by atoms with E-state index in [0.29, 0.717) is 17.2 Å². The Morgan fingerprint density at radius 3 is 2.48 bits per heavy atom. The van der Waals surface area contributed by atoms with Gasteiger partial charge in [0.05, 0.1) is 0 Å². The van der Waals surface area contributed by atoms with Crippen LogP contribution in [0.1, 0.15) is 0 Å². The van der Waals surface area contributed by atoms with Crippen LogP contribution in [0.15, 0.2) is 59.1 Å². The van der Waals surface area contributed by atoms with E-state index in [4.69, 9.17) is 14.5 Å². The molecule has 0 amide bonds. The zero-order valence-electron chi connectivity index (χ0n) is 12.0. The molecule has 0 radical (unpaired) electrons. The summed E-state index contributed by atoms with van der Waals surface area (Å²) in [5, 5.41) is 27.5. The molecule has 0 atom stereocenters. The van der Waals surface area contributed by atoms with E-state index in [-0.39, 0.29) is 0 Å². The van der Waals surface area contributed by atoms with Gasteiger partial charge in [-0.1, -0.05) is 18.2 Å². The molecule has 6 nitrogen and oxygen atoms in total. The van der Waals surface area contributed by atoms with Crippen molar-refractivity contribution in [3.05, 3.63) is 54.7 Å². The van der Waals surface area contributed by atoms with Crippen molar-refractivity contribution in [1.29, 1.82) is 0 Å². The Hall–Kier alpha value is -2.90. The molecule has 23 heavy (non-hydrogen) atoms. The van der Waals surface area contributed by atoms with Crippen LogP contribution in [-0.4, -0.2) is 32.3 Å². The average molecular weight is 305 g/mol. The molecule has 112 valence electrons. The van der Waals surface area contributed by atoms with Crippen molar-refractivity contribution in [2.45, 2.75) is 0 Å². The molecule has 0 aliphatic heterocycles. The third-order valence-electron chi connectivity index (χ3n) is 3.71. The fourth-order valence-electron chi connectivity index (χ4n) is 2.52. The number of rotatable bonds is 3. The van der Waals surface area contributed by atoms with Crippen molar-refractivity contribution in [2.75, 3.05) is 0 Å². The topological polar surface area (TPSA) is 95.2 Å². The molecule has 0 saturated carbocycles. The summed E-state index contributed by atoms with van der Waals surface area (Å²) in [6, 6.07) is 14.4. The van der Waals surface area contributed by atoms with E-state index in [1.165, 1.54) is 0 Å². The van der Waals surface area contributed by atoms with Gasteiger partial charge in [-0.15, -0.1) is 10.2 Å². The summed E-state index contributed by atoms with van der Waals surface area (Å²) >= 11 is 0. The molecular weight excluding hydrogens is 293 g/mol. The van der Waals surface area contributed by atoms with E-state index in [1.54, 1.807) is 24.3 Å². The third-order valence-corrected chi connectivity index (χ3v) is 3.71. The number of aromatic nitrogens is 3. The molecule has 4 aromatic rings. The van der Waals surface area contributed by atoms with Gasteiger partial charge in [-0.2, -0.15) is 0 Å². The van der Waals surface area contributed by atoms with E-state index in [9.17, 15) is 0 Å². The van der Waals surface area contributed by atoms with E-state index >= 15 is 0 Å². The lowest BCUT2D eigenvalue weighted by atomic mass is 9.80. The number of hydrogen-bond donors (Lipinski definition) is 3. The molecule has 0 bridgehead atoms. The monoisotopic (exact) mass is 305 g/mol. The van der Waals surface area contributed by atoms with Crippen molar-refractivity contribution >= 4 is 23.5 Å². The van der Waals surface area contributed by atoms with E-state index in [1.807, 2.05) is 30.5 Å². The minimum absolute atomic E-state index is 0.381. The number of nitrogens with zero attached hydrogens (tertiary/aromatic N) is 2. The maximum Gasteiger partial charge on any atom is 0.488 e. The minimum Gasteiger partial charge on any atom is -0.423 e. The van der Waals surface area contributed by atoms with Crippen molar-refractivity contribution in [3.8, 4) is 22.9 Å². The molecule has 4 rings (SSSR count). The number of aromatic amines is 1. The highest BCUT2D eigenvalue weighted by Crippen LogP contribution is 2.29. The molecule has 0 aliphatic carbocycles. The minimum atomic E-state index is -1.49. The Balaban J connectivity index is 1.73. The molecule has 0 aliphatic rings. The zero-order chi connectivity index (χ0) is 15.8. The molecule has 0 saturated heterocycles. The number of nitrogens with one attached hydrogen (secondary N) is 1. The van der Waals surface area contributed by atoms with Gasteiger partial charge in [0.2, 0.25) is 11.8 Å². The van der Waals surface area contributed by atoms with Gasteiger partial charge in [0, 0.05) is 28.2 Å². The van der Waals surface area contributed by atoms with Gasteiger partial charge in [0.25, 0.3) is 0 Å². The second-order valence-electron chi connectivity index (χ2n) is 5.15. The van der Waals surface area contributed by atoms with Crippen LogP contribution in [0.4, 0.5) is 0 Å². The highest BCUT2D eigenvalue weighted by molar-refractivity contribution is 6.58. The van der Waals surface area contributed by atoms with Crippen LogP contribution < -0.4 is 5.46 Å². The third kappa shape index (κ3) is 2.42. The van der Waals surface area contributed by atoms with Crippen LogP contribution in [0.2, 0.25) is 0 Å². The normalized spacial score (nSPS) is 11.0. The average Bonchev–Trinajstić information content (AvgIpc) is 3.24. The van der Waals surface area contributed by atoms with Crippen LogP contribution in [-0.2, 0) is 0 Å². The molecule has 0 unspecified atom stereocenters. The van der Waals surface area contributed by atoms with Gasteiger partial charge in [-0.25, -0.2) is 0 Å². The lowest BCUT2D eigenvalue weighted by molar-refractivity contribution is 0.426. The van der Waals surface area contributed by atoms with Crippen LogP contribution in [0, 0.1) is 0 Å². The van der Waals surface area contributed by atoms with Crippen LogP contribution in [0.5, 0.6) is 0 Å². The predicted molar refractivity (Wildman–Crippen MR) is 86.9 cm³/mol. The number of hydrogen-bond acceptors (Lipinski definition) is 5. The first-order chi connectivity index (χ1) is 11.2. The van der Waals surface area contributed by atoms with E-state index < -0.39 is 7.12 Å². The summed E-state index contributed by atoms with van der Waals surface area (Å²) in [6.45, 7) is 0. The summed E-state index contributed by atoms with van der Waals surface area (Å²) in [5.74, 6) is 0.822. The first-order valence-electron chi connectivity index (χ1n) is 7.09. The molecule has 2 heterocycles. The zero-order valence-corrected chi connectivity index (χ0v) is 12.0. The molecule has 7 heteroatoms. The Kier molecular flexibility index (Phi) is 3.22. The summed E-state index contributed by atoms with van der Waals surface area (Å²) in [7, 11) is -1.49. The standard InChI is InChI=1S/C16H12BN3O3/c21-17(22)11-6-4-10(5-7-11)15-19-20-16(23-15)13-2-1-3-14-12(13)8-9-18-14/h1-9,18,21-22H. The second-order valence-corrected chi connectivity index (χ2v) is 5.15. The van der Waals surface area contributed by atoms with Crippen LogP contribution in [0.25, 0.3) is 33.8 Å². The first kappa shape index (κ1) is 13.7. The Morgan fingerprint density at radius 2 is 1.70 bits per heavy atom. The highest BCUT2D eigenvalue weighted by Gasteiger charge is 2.15. The Bertz CT molecular complexity index is 960. The fourth-order valence-corrected chi connectivity index (χ4v) is 2.52. The second kappa shape index (κ2) is 5.38. The van der Waals surface area contributed by atoms with Crippen LogP contribution in [0.3, 0.4) is 0 Å². The summed E-state index contributed by atoms with van der Waals surface area (Å²) < 4.78 is 5.77. The van der Waals surface area contributed by atoms with E-state index in [0.717, 1.165) is 22.0 Å². The van der Waals surface area contributed by atoms with Gasteiger partial charge < -0.3 is 19.4 Å². The lowest BCUT2D eigenvalue weighted by Crippen LogP contribution is -2.29. The van der Waals surface area contributed by atoms with Crippen molar-refractivity contribution < 1.29 is 14.5 Å². The molecule has 2 aromatic heterocycles. The largest absolute Gasteiger partial charge is 0.488 e. The number of H-pyrrole nitrogens is 1. The smallest absolute Gasteiger partial charge is 0.423 e. The highest BCUT2D eigenvalue weighted by atomic mass is 16.4. The summed E-state index contributed by atoms with van der Waals surface area (Å²) in [4.78, 5) is 3.15. The van der Waals surface area contributed by atoms with Gasteiger partial charge in [0.1, 0.15) is 0 Å². The SMILES string of the molecule is OB(O)c1ccc(-c2nnc(-c3cccc4[nH]ccc34)o2)cc1. The molecular formula is C16H12BN3O3. The maximum atomic E-state index is 9.12. The lowest BCUT2D eigenvalue weighted by Gasteiger charge is -2.00. The van der Waals surface area contributed by atoms with Gasteiger partial charge in [-0.3, -0.25) is 0 Å². The van der Waals surface area contributed by atoms with Gasteiger partial charge >= 0.3 is 7.12 Å². The Labute approximate surface area is 131 Å². The summed E-state index contributed by atoms with van der Waals surface area (Å²) in [5.41, 5.74) is 2.99. The fraction of sp³-hybridized carbons (Fsp3) is 0. The number of benzene rings is 2. The molecule has 0 fully saturated rings. The van der Waals surface area contributed by atoms with Gasteiger partial charge in [-0.05, 0) is 35.8 Å². The number of fused-ring (bicyclic) bond motifs is 1. The van der Waals surface area contributed by atoms with Crippen molar-refractivity contribution in [1.82, 2.24) is 15.2 Å². The molecule has 0 spiro atoms. The van der Waals surface area contributed by atoms with Crippen molar-refractivity contribution in [3.63, 3.8) is 0 Å². The predicted octanol–water partition coefficient (Wildman–Crippen LogP) is 1.56. The van der Waals surface area contributed by atoms with Crippen LogP contribution >= 0.6 is 0 Å². The van der Waals surface area contributed by atoms with Gasteiger partial charge in [0.15, 0.2) is 0 Å². The summed E-state index contributed by atoms with van der Waals surface area (Å²) in [6.07, 6.45) is 1.87. The molecule has 2 aromatic carbocycles. The first-order valence-corrected chi connectivity index (χ1v) is 7.09. The molecule has 3 N–H and O–H groups in total. The van der Waals surface area contributed by atoms with Crippen molar-refractivity contribution in [2.24, 2.45) is 0 Å². The quantitative estimate of drug-likeness (QED) is 0.499. The maximum absolute atomic E-state index is 9.12. The Morgan fingerprint density at radius 1 is 0.913 bits per heavy atom.